The van der Waals surface area contributed by atoms with Crippen molar-refractivity contribution in [2.24, 2.45) is 7.05 Å². The van der Waals surface area contributed by atoms with Crippen LogP contribution in [0.5, 0.6) is 0 Å². The second-order valence-corrected chi connectivity index (χ2v) is 9.06. The number of benzene rings is 1. The molecule has 174 valence electrons. The van der Waals surface area contributed by atoms with Gasteiger partial charge in [-0.05, 0) is 49.8 Å². The van der Waals surface area contributed by atoms with Gasteiger partial charge >= 0.3 is 5.97 Å². The number of hydrogen-bond acceptors (Lipinski definition) is 6. The maximum Gasteiger partial charge on any atom is 0.325 e. The minimum atomic E-state index is -0.839. The Morgan fingerprint density at radius 1 is 1.27 bits per heavy atom. The Morgan fingerprint density at radius 3 is 3.00 bits per heavy atom. The molecule has 8 nitrogen and oxygen atoms in total. The van der Waals surface area contributed by atoms with E-state index in [1.807, 2.05) is 34.7 Å². The molecule has 0 aliphatic carbocycles. The number of aryl methyl sites for hydroxylation is 3. The summed E-state index contributed by atoms with van der Waals surface area (Å²) >= 11 is 0. The number of likely N-dealkylation sites (tertiary alicyclic amines) is 1. The van der Waals surface area contributed by atoms with Gasteiger partial charge in [-0.3, -0.25) is 9.69 Å². The molecule has 1 unspecified atom stereocenters. The molecule has 1 saturated heterocycles. The number of fused-ring (bicyclic) bond motifs is 2. The number of carboxylic acid groups (broad SMARTS) is 1. The number of aliphatic carboxylic acids is 1. The van der Waals surface area contributed by atoms with Crippen LogP contribution in [0.1, 0.15) is 42.1 Å². The Morgan fingerprint density at radius 2 is 2.15 bits per heavy atom. The van der Waals surface area contributed by atoms with Gasteiger partial charge in [0.25, 0.3) is 0 Å². The smallest absolute Gasteiger partial charge is 0.325 e. The molecule has 4 heterocycles. The molecule has 1 aromatic carbocycles. The van der Waals surface area contributed by atoms with Gasteiger partial charge in [-0.25, -0.2) is 9.97 Å². The van der Waals surface area contributed by atoms with Crippen molar-refractivity contribution in [1.82, 2.24) is 19.4 Å². The Labute approximate surface area is 193 Å². The molecule has 0 amide bonds. The summed E-state index contributed by atoms with van der Waals surface area (Å²) in [5, 5.41) is 13.3. The highest BCUT2D eigenvalue weighted by molar-refractivity contribution is 5.86. The molecule has 0 bridgehead atoms. The molecule has 33 heavy (non-hydrogen) atoms. The average Bonchev–Trinajstić information content (AvgIpc) is 3.18. The summed E-state index contributed by atoms with van der Waals surface area (Å²) < 4.78 is 7.90. The van der Waals surface area contributed by atoms with E-state index in [1.165, 1.54) is 12.0 Å². The normalized spacial score (nSPS) is 17.4. The number of unbranched alkanes of at least 4 members (excludes halogenated alkanes) is 1. The van der Waals surface area contributed by atoms with Crippen molar-refractivity contribution in [2.75, 3.05) is 31.6 Å². The number of imidazole rings is 1. The van der Waals surface area contributed by atoms with Crippen LogP contribution >= 0.6 is 0 Å². The van der Waals surface area contributed by atoms with E-state index in [1.54, 1.807) is 6.33 Å². The molecular formula is C25H31N5O3. The minimum absolute atomic E-state index is 0.0867. The Hall–Kier alpha value is -2.97. The third-order valence-electron chi connectivity index (χ3n) is 6.67. The lowest BCUT2D eigenvalue weighted by Crippen LogP contribution is -2.55. The zero-order chi connectivity index (χ0) is 22.8. The Bertz CT molecular complexity index is 1140. The molecule has 1 fully saturated rings. The van der Waals surface area contributed by atoms with Crippen molar-refractivity contribution < 1.29 is 14.6 Å². The summed E-state index contributed by atoms with van der Waals surface area (Å²) in [6, 6.07) is 9.34. The first-order chi connectivity index (χ1) is 16.1. The second kappa shape index (κ2) is 9.49. The number of hydrogen-bond donors (Lipinski definition) is 2. The molecule has 0 spiro atoms. The quantitative estimate of drug-likeness (QED) is 0.485. The van der Waals surface area contributed by atoms with Gasteiger partial charge in [-0.2, -0.15) is 0 Å². The van der Waals surface area contributed by atoms with Crippen LogP contribution < -0.4 is 5.32 Å². The lowest BCUT2D eigenvalue weighted by atomic mass is 9.99. The van der Waals surface area contributed by atoms with Gasteiger partial charge in [0.1, 0.15) is 11.9 Å². The van der Waals surface area contributed by atoms with Crippen molar-refractivity contribution in [3.8, 4) is 0 Å². The molecule has 2 N–H and O–H groups in total. The van der Waals surface area contributed by atoms with Crippen LogP contribution in [0.3, 0.4) is 0 Å². The third kappa shape index (κ3) is 4.58. The molecular weight excluding hydrogens is 418 g/mol. The summed E-state index contributed by atoms with van der Waals surface area (Å²) in [6.45, 7) is 2.96. The monoisotopic (exact) mass is 449 g/mol. The predicted octanol–water partition coefficient (Wildman–Crippen LogP) is 3.18. The van der Waals surface area contributed by atoms with E-state index in [9.17, 15) is 9.90 Å². The van der Waals surface area contributed by atoms with Crippen LogP contribution in [0.15, 0.2) is 36.7 Å². The highest BCUT2D eigenvalue weighted by Gasteiger charge is 2.38. The van der Waals surface area contributed by atoms with Gasteiger partial charge in [-0.1, -0.05) is 18.2 Å². The number of nitrogens with one attached hydrogen (secondary N) is 1. The number of para-hydroxylation sites is 1. The van der Waals surface area contributed by atoms with E-state index in [0.717, 1.165) is 60.3 Å². The van der Waals surface area contributed by atoms with Crippen LogP contribution in [0, 0.1) is 0 Å². The number of nitrogens with zero attached hydrogens (tertiary/aromatic N) is 4. The van der Waals surface area contributed by atoms with Gasteiger partial charge < -0.3 is 19.7 Å². The number of pyridine rings is 1. The summed E-state index contributed by atoms with van der Waals surface area (Å²) in [4.78, 5) is 23.2. The summed E-state index contributed by atoms with van der Waals surface area (Å²) in [5.41, 5.74) is 4.93. The van der Waals surface area contributed by atoms with Gasteiger partial charge in [-0.15, -0.1) is 0 Å². The number of carboxylic acids is 1. The largest absolute Gasteiger partial charge is 0.480 e. The number of anilines is 1. The van der Waals surface area contributed by atoms with E-state index in [4.69, 9.17) is 9.72 Å². The molecule has 1 atom stereocenters. The molecule has 3 aromatic rings. The summed E-state index contributed by atoms with van der Waals surface area (Å²) in [6.07, 6.45) is 7.06. The Balaban J connectivity index is 1.09. The average molecular weight is 450 g/mol. The highest BCUT2D eigenvalue weighted by Crippen LogP contribution is 2.32. The standard InChI is InChI=1S/C25H31N5O3/c1-29-16-27-21-9-4-8-20(22(21)29)23(25(31)32)30-14-19(15-30)33-13-3-2-7-18-11-10-17-6-5-12-26-24(17)28-18/h4,8-11,16,19,23H,2-3,5-7,12-15H2,1H3,(H,26,28)(H,31,32). The lowest BCUT2D eigenvalue weighted by Gasteiger charge is -2.42. The van der Waals surface area contributed by atoms with Crippen molar-refractivity contribution >= 4 is 22.8 Å². The summed E-state index contributed by atoms with van der Waals surface area (Å²) in [7, 11) is 1.90. The van der Waals surface area contributed by atoms with Gasteiger partial charge in [0.05, 0.1) is 23.5 Å². The molecule has 2 aliphatic heterocycles. The SMILES string of the molecule is Cn1cnc2cccc(C(C(=O)O)N3CC(OCCCCc4ccc5c(n4)NCCC5)C3)c21. The third-order valence-corrected chi connectivity index (χ3v) is 6.67. The van der Waals surface area contributed by atoms with Crippen LogP contribution in [0.25, 0.3) is 11.0 Å². The number of rotatable bonds is 9. The van der Waals surface area contributed by atoms with Crippen molar-refractivity contribution in [3.05, 3.63) is 53.5 Å². The molecule has 0 saturated carbocycles. The highest BCUT2D eigenvalue weighted by atomic mass is 16.5. The van der Waals surface area contributed by atoms with Crippen LogP contribution in [-0.4, -0.2) is 62.9 Å². The number of aromatic nitrogens is 3. The maximum atomic E-state index is 12.1. The summed E-state index contributed by atoms with van der Waals surface area (Å²) in [5.74, 6) is 0.216. The van der Waals surface area contributed by atoms with Gasteiger partial charge in [0, 0.05) is 44.5 Å². The lowest BCUT2D eigenvalue weighted by molar-refractivity contribution is -0.150. The van der Waals surface area contributed by atoms with E-state index >= 15 is 0 Å². The van der Waals surface area contributed by atoms with E-state index in [-0.39, 0.29) is 6.10 Å². The molecule has 2 aromatic heterocycles. The van der Waals surface area contributed by atoms with E-state index in [0.29, 0.717) is 19.7 Å². The fourth-order valence-electron chi connectivity index (χ4n) is 4.90. The van der Waals surface area contributed by atoms with Crippen molar-refractivity contribution in [1.29, 1.82) is 0 Å². The number of carbonyl (C=O) groups is 1. The minimum Gasteiger partial charge on any atom is -0.480 e. The Kier molecular flexibility index (Phi) is 6.28. The molecule has 0 radical (unpaired) electrons. The molecule has 8 heteroatoms. The van der Waals surface area contributed by atoms with Crippen LogP contribution in [0.2, 0.25) is 0 Å². The zero-order valence-electron chi connectivity index (χ0n) is 19.0. The topological polar surface area (TPSA) is 92.5 Å². The van der Waals surface area contributed by atoms with Crippen molar-refractivity contribution in [2.45, 2.75) is 44.2 Å². The molecule has 2 aliphatic rings. The zero-order valence-corrected chi connectivity index (χ0v) is 19.0. The van der Waals surface area contributed by atoms with E-state index < -0.39 is 12.0 Å². The first-order valence-corrected chi connectivity index (χ1v) is 11.8. The van der Waals surface area contributed by atoms with Crippen LogP contribution in [-0.2, 0) is 29.4 Å². The second-order valence-electron chi connectivity index (χ2n) is 9.06. The first kappa shape index (κ1) is 21.9. The van der Waals surface area contributed by atoms with E-state index in [2.05, 4.69) is 22.4 Å². The van der Waals surface area contributed by atoms with Gasteiger partial charge in [0.2, 0.25) is 0 Å². The van der Waals surface area contributed by atoms with Crippen molar-refractivity contribution in [3.63, 3.8) is 0 Å². The predicted molar refractivity (Wildman–Crippen MR) is 126 cm³/mol. The fourth-order valence-corrected chi connectivity index (χ4v) is 4.90. The number of ether oxygens (including phenoxy) is 1. The molecule has 5 rings (SSSR count). The van der Waals surface area contributed by atoms with Gasteiger partial charge in [0.15, 0.2) is 0 Å². The fraction of sp³-hybridized carbons (Fsp3) is 0.480. The first-order valence-electron chi connectivity index (χ1n) is 11.8. The maximum absolute atomic E-state index is 12.1. The van der Waals surface area contributed by atoms with Crippen LogP contribution in [0.4, 0.5) is 5.82 Å².